The number of rotatable bonds is 5. The van der Waals surface area contributed by atoms with Gasteiger partial charge in [0, 0.05) is 24.2 Å². The molecular weight excluding hydrogens is 384 g/mol. The molecule has 0 saturated carbocycles. The number of thiophene rings is 1. The third kappa shape index (κ3) is 4.75. The fourth-order valence-corrected chi connectivity index (χ4v) is 4.37. The van der Waals surface area contributed by atoms with Crippen molar-refractivity contribution in [2.75, 3.05) is 32.8 Å². The average molecular weight is 407 g/mol. The van der Waals surface area contributed by atoms with Gasteiger partial charge in [0.2, 0.25) is 0 Å². The van der Waals surface area contributed by atoms with Crippen LogP contribution in [0.25, 0.3) is 0 Å². The van der Waals surface area contributed by atoms with E-state index in [0.717, 1.165) is 55.4 Å². The van der Waals surface area contributed by atoms with Crippen LogP contribution < -0.4 is 14.8 Å². The number of piperidine rings is 1. The van der Waals surface area contributed by atoms with Crippen LogP contribution in [0.4, 0.5) is 0 Å². The number of halogens is 1. The standard InChI is InChI=1S/C20H23ClN2O3S/c21-15-3-4-17-18(10-15)26-16(13-25-17)12-23-7-5-14(6-8-23)11-22-20(24)19-2-1-9-27-19/h1-4,9-10,14,16H,5-8,11-13H2,(H,22,24). The Bertz CT molecular complexity index is 776. The number of ether oxygens (including phenoxy) is 2. The van der Waals surface area contributed by atoms with Crippen molar-refractivity contribution < 1.29 is 14.3 Å². The molecule has 1 saturated heterocycles. The SMILES string of the molecule is O=C(NCC1CCN(CC2COc3ccc(Cl)cc3O2)CC1)c1cccs1. The highest BCUT2D eigenvalue weighted by atomic mass is 35.5. The maximum Gasteiger partial charge on any atom is 0.261 e. The molecule has 4 rings (SSSR count). The lowest BCUT2D eigenvalue weighted by atomic mass is 9.96. The van der Waals surface area contributed by atoms with Crippen LogP contribution in [-0.2, 0) is 0 Å². The third-order valence-corrected chi connectivity index (χ3v) is 6.19. The Labute approximate surface area is 168 Å². The molecule has 0 aliphatic carbocycles. The second-order valence-corrected chi connectivity index (χ2v) is 8.46. The van der Waals surface area contributed by atoms with Gasteiger partial charge in [-0.1, -0.05) is 17.7 Å². The number of fused-ring (bicyclic) bond motifs is 1. The normalized spacial score (nSPS) is 20.4. The summed E-state index contributed by atoms with van der Waals surface area (Å²) in [6.07, 6.45) is 2.19. The van der Waals surface area contributed by atoms with Crippen LogP contribution in [0.5, 0.6) is 11.5 Å². The lowest BCUT2D eigenvalue weighted by Crippen LogP contribution is -2.45. The summed E-state index contributed by atoms with van der Waals surface area (Å²) in [6.45, 7) is 4.19. The van der Waals surface area contributed by atoms with E-state index in [9.17, 15) is 4.79 Å². The first-order chi connectivity index (χ1) is 13.2. The Kier molecular flexibility index (Phi) is 5.86. The van der Waals surface area contributed by atoms with Gasteiger partial charge < -0.3 is 14.8 Å². The summed E-state index contributed by atoms with van der Waals surface area (Å²) in [5, 5.41) is 5.65. The van der Waals surface area contributed by atoms with E-state index in [0.29, 0.717) is 17.5 Å². The summed E-state index contributed by atoms with van der Waals surface area (Å²) < 4.78 is 11.9. The van der Waals surface area contributed by atoms with Crippen LogP contribution in [0.3, 0.4) is 0 Å². The topological polar surface area (TPSA) is 50.8 Å². The molecule has 1 N–H and O–H groups in total. The number of benzene rings is 1. The molecule has 1 atom stereocenters. The summed E-state index contributed by atoms with van der Waals surface area (Å²) in [5.41, 5.74) is 0. The van der Waals surface area contributed by atoms with E-state index in [2.05, 4.69) is 10.2 Å². The summed E-state index contributed by atoms with van der Waals surface area (Å²) >= 11 is 7.52. The third-order valence-electron chi connectivity index (χ3n) is 5.09. The Morgan fingerprint density at radius 2 is 2.11 bits per heavy atom. The quantitative estimate of drug-likeness (QED) is 0.822. The molecule has 2 aliphatic heterocycles. The summed E-state index contributed by atoms with van der Waals surface area (Å²) in [4.78, 5) is 15.2. The zero-order valence-electron chi connectivity index (χ0n) is 15.0. The molecule has 3 heterocycles. The Morgan fingerprint density at radius 3 is 2.89 bits per heavy atom. The van der Waals surface area contributed by atoms with E-state index in [-0.39, 0.29) is 12.0 Å². The fraction of sp³-hybridized carbons (Fsp3) is 0.450. The van der Waals surface area contributed by atoms with Gasteiger partial charge in [-0.15, -0.1) is 11.3 Å². The predicted molar refractivity (Wildman–Crippen MR) is 107 cm³/mol. The fourth-order valence-electron chi connectivity index (χ4n) is 3.57. The zero-order chi connectivity index (χ0) is 18.6. The van der Waals surface area contributed by atoms with Crippen LogP contribution in [0.2, 0.25) is 5.02 Å². The van der Waals surface area contributed by atoms with Crippen molar-refractivity contribution in [3.05, 3.63) is 45.6 Å². The van der Waals surface area contributed by atoms with Crippen LogP contribution in [0.15, 0.2) is 35.7 Å². The van der Waals surface area contributed by atoms with Crippen molar-refractivity contribution in [1.82, 2.24) is 10.2 Å². The van der Waals surface area contributed by atoms with Crippen molar-refractivity contribution in [3.63, 3.8) is 0 Å². The lowest BCUT2D eigenvalue weighted by Gasteiger charge is -2.35. The van der Waals surface area contributed by atoms with E-state index >= 15 is 0 Å². The molecule has 1 fully saturated rings. The highest BCUT2D eigenvalue weighted by Crippen LogP contribution is 2.34. The second kappa shape index (κ2) is 8.50. The molecule has 0 spiro atoms. The van der Waals surface area contributed by atoms with Gasteiger partial charge in [-0.2, -0.15) is 0 Å². The average Bonchev–Trinajstić information content (AvgIpc) is 3.22. The van der Waals surface area contributed by atoms with Crippen LogP contribution >= 0.6 is 22.9 Å². The van der Waals surface area contributed by atoms with Gasteiger partial charge in [-0.05, 0) is 55.4 Å². The van der Waals surface area contributed by atoms with Gasteiger partial charge in [0.1, 0.15) is 12.7 Å². The summed E-state index contributed by atoms with van der Waals surface area (Å²) in [5.74, 6) is 2.06. The Balaban J connectivity index is 1.20. The number of likely N-dealkylation sites (tertiary alicyclic amines) is 1. The van der Waals surface area contributed by atoms with E-state index in [1.54, 1.807) is 0 Å². The molecule has 2 aliphatic rings. The van der Waals surface area contributed by atoms with Crippen molar-refractivity contribution in [3.8, 4) is 11.5 Å². The molecule has 1 amide bonds. The first-order valence-electron chi connectivity index (χ1n) is 9.30. The maximum atomic E-state index is 12.0. The first kappa shape index (κ1) is 18.6. The molecule has 1 aromatic carbocycles. The number of hydrogen-bond donors (Lipinski definition) is 1. The van der Waals surface area contributed by atoms with Gasteiger partial charge in [0.05, 0.1) is 4.88 Å². The highest BCUT2D eigenvalue weighted by Gasteiger charge is 2.26. The molecule has 1 aromatic heterocycles. The van der Waals surface area contributed by atoms with Gasteiger partial charge >= 0.3 is 0 Å². The van der Waals surface area contributed by atoms with Gasteiger partial charge in [-0.3, -0.25) is 9.69 Å². The van der Waals surface area contributed by atoms with Crippen LogP contribution in [0.1, 0.15) is 22.5 Å². The molecule has 2 aromatic rings. The smallest absolute Gasteiger partial charge is 0.261 e. The van der Waals surface area contributed by atoms with Crippen molar-refractivity contribution in [2.45, 2.75) is 18.9 Å². The van der Waals surface area contributed by atoms with Crippen LogP contribution in [-0.4, -0.2) is 49.7 Å². The Morgan fingerprint density at radius 1 is 1.26 bits per heavy atom. The maximum absolute atomic E-state index is 12.0. The number of hydrogen-bond acceptors (Lipinski definition) is 5. The second-order valence-electron chi connectivity index (χ2n) is 7.07. The molecule has 27 heavy (non-hydrogen) atoms. The van der Waals surface area contributed by atoms with E-state index in [4.69, 9.17) is 21.1 Å². The van der Waals surface area contributed by atoms with E-state index in [1.165, 1.54) is 11.3 Å². The molecule has 5 nitrogen and oxygen atoms in total. The molecule has 144 valence electrons. The Hall–Kier alpha value is -1.76. The summed E-state index contributed by atoms with van der Waals surface area (Å²) in [6, 6.07) is 9.24. The zero-order valence-corrected chi connectivity index (χ0v) is 16.6. The molecule has 0 radical (unpaired) electrons. The lowest BCUT2D eigenvalue weighted by molar-refractivity contribution is 0.0476. The molecule has 1 unspecified atom stereocenters. The molecule has 7 heteroatoms. The predicted octanol–water partition coefficient (Wildman–Crippen LogP) is 3.68. The first-order valence-corrected chi connectivity index (χ1v) is 10.6. The van der Waals surface area contributed by atoms with Crippen molar-refractivity contribution in [2.24, 2.45) is 5.92 Å². The number of nitrogens with one attached hydrogen (secondary N) is 1. The van der Waals surface area contributed by atoms with E-state index < -0.39 is 0 Å². The number of carbonyl (C=O) groups excluding carboxylic acids is 1. The van der Waals surface area contributed by atoms with Gasteiger partial charge in [0.15, 0.2) is 11.5 Å². The minimum absolute atomic E-state index is 0.0195. The number of carbonyl (C=O) groups is 1. The minimum atomic E-state index is 0.0195. The number of amides is 1. The summed E-state index contributed by atoms with van der Waals surface area (Å²) in [7, 11) is 0. The monoisotopic (exact) mass is 406 g/mol. The number of nitrogens with zero attached hydrogens (tertiary/aromatic N) is 1. The van der Waals surface area contributed by atoms with Gasteiger partial charge in [0.25, 0.3) is 5.91 Å². The largest absolute Gasteiger partial charge is 0.486 e. The molecule has 0 bridgehead atoms. The minimum Gasteiger partial charge on any atom is -0.486 e. The van der Waals surface area contributed by atoms with Gasteiger partial charge in [-0.25, -0.2) is 0 Å². The highest BCUT2D eigenvalue weighted by molar-refractivity contribution is 7.12. The van der Waals surface area contributed by atoms with E-state index in [1.807, 2.05) is 35.7 Å². The van der Waals surface area contributed by atoms with Crippen molar-refractivity contribution >= 4 is 28.8 Å². The molecular formula is C20H23ClN2O3S. The van der Waals surface area contributed by atoms with Crippen LogP contribution in [0, 0.1) is 5.92 Å². The van der Waals surface area contributed by atoms with Crippen molar-refractivity contribution in [1.29, 1.82) is 0 Å².